The third kappa shape index (κ3) is 3.79. The lowest BCUT2D eigenvalue weighted by atomic mass is 9.89. The van der Waals surface area contributed by atoms with Crippen LogP contribution in [-0.4, -0.2) is 55.2 Å². The molecular formula is C27H28N6O2. The predicted octanol–water partition coefficient (Wildman–Crippen LogP) is 4.76. The highest BCUT2D eigenvalue weighted by Crippen LogP contribution is 2.44. The van der Waals surface area contributed by atoms with Crippen molar-refractivity contribution >= 4 is 22.8 Å². The molecule has 0 spiro atoms. The zero-order chi connectivity index (χ0) is 24.0. The van der Waals surface area contributed by atoms with Gasteiger partial charge in [-0.2, -0.15) is 0 Å². The average Bonchev–Trinajstić information content (AvgIpc) is 3.41. The van der Waals surface area contributed by atoms with Crippen molar-refractivity contribution in [3.05, 3.63) is 78.9 Å². The second-order valence-corrected chi connectivity index (χ2v) is 9.74. The molecule has 0 saturated carbocycles. The Hall–Kier alpha value is -3.94. The molecule has 6 rings (SSSR count). The Morgan fingerprint density at radius 2 is 1.71 bits per heavy atom. The molecule has 2 aliphatic heterocycles. The summed E-state index contributed by atoms with van der Waals surface area (Å²) >= 11 is 0. The maximum absolute atomic E-state index is 13.0. The van der Waals surface area contributed by atoms with E-state index in [4.69, 9.17) is 4.74 Å². The van der Waals surface area contributed by atoms with Crippen LogP contribution in [0.15, 0.2) is 73.3 Å². The summed E-state index contributed by atoms with van der Waals surface area (Å²) in [5.74, 6) is 0.627. The Morgan fingerprint density at radius 3 is 2.46 bits per heavy atom. The van der Waals surface area contributed by atoms with Gasteiger partial charge in [0.25, 0.3) is 0 Å². The number of aromatic nitrogens is 4. The molecular weight excluding hydrogens is 440 g/mol. The molecule has 2 saturated heterocycles. The molecule has 1 amide bonds. The van der Waals surface area contributed by atoms with E-state index in [2.05, 4.69) is 38.1 Å². The lowest BCUT2D eigenvalue weighted by Gasteiger charge is -2.40. The number of fused-ring (bicyclic) bond motifs is 1. The molecule has 35 heavy (non-hydrogen) atoms. The van der Waals surface area contributed by atoms with Crippen LogP contribution in [0.2, 0.25) is 0 Å². The molecule has 3 aromatic heterocycles. The maximum atomic E-state index is 13.0. The fourth-order valence-corrected chi connectivity index (χ4v) is 5.50. The second kappa shape index (κ2) is 8.37. The fraction of sp³-hybridized carbons (Fsp3) is 0.333. The molecule has 0 aliphatic carbocycles. The van der Waals surface area contributed by atoms with E-state index in [1.807, 2.05) is 66.0 Å². The van der Waals surface area contributed by atoms with E-state index in [1.165, 1.54) is 0 Å². The Balaban J connectivity index is 1.23. The van der Waals surface area contributed by atoms with Crippen LogP contribution in [0.1, 0.15) is 38.3 Å². The van der Waals surface area contributed by atoms with Gasteiger partial charge < -0.3 is 9.64 Å². The van der Waals surface area contributed by atoms with E-state index < -0.39 is 5.60 Å². The average molecular weight is 469 g/mol. The van der Waals surface area contributed by atoms with Crippen molar-refractivity contribution < 1.29 is 9.53 Å². The van der Waals surface area contributed by atoms with Gasteiger partial charge in [-0.3, -0.25) is 14.5 Å². The van der Waals surface area contributed by atoms with E-state index in [0.717, 1.165) is 48.2 Å². The van der Waals surface area contributed by atoms with Crippen molar-refractivity contribution in [1.82, 2.24) is 24.4 Å². The predicted molar refractivity (Wildman–Crippen MR) is 133 cm³/mol. The van der Waals surface area contributed by atoms with E-state index >= 15 is 0 Å². The van der Waals surface area contributed by atoms with Crippen LogP contribution in [0.5, 0.6) is 0 Å². The fourth-order valence-electron chi connectivity index (χ4n) is 5.50. The molecule has 8 nitrogen and oxygen atoms in total. The van der Waals surface area contributed by atoms with Crippen LogP contribution in [0.3, 0.4) is 0 Å². The van der Waals surface area contributed by atoms with Crippen molar-refractivity contribution in [3.63, 3.8) is 0 Å². The summed E-state index contributed by atoms with van der Waals surface area (Å²) in [5, 5.41) is 0. The summed E-state index contributed by atoms with van der Waals surface area (Å²) in [4.78, 5) is 30.7. The first kappa shape index (κ1) is 21.6. The lowest BCUT2D eigenvalue weighted by molar-refractivity contribution is 0.0666. The summed E-state index contributed by atoms with van der Waals surface area (Å²) in [6.07, 6.45) is 8.88. The number of nitrogens with zero attached hydrogens (tertiary/aromatic N) is 6. The van der Waals surface area contributed by atoms with Gasteiger partial charge in [0.05, 0.1) is 29.0 Å². The first-order valence-corrected chi connectivity index (χ1v) is 12.1. The van der Waals surface area contributed by atoms with Crippen molar-refractivity contribution in [2.24, 2.45) is 0 Å². The van der Waals surface area contributed by atoms with Gasteiger partial charge in [0.15, 0.2) is 0 Å². The third-order valence-electron chi connectivity index (χ3n) is 7.13. The minimum atomic E-state index is -0.574. The highest BCUT2D eigenvalue weighted by Gasteiger charge is 2.51. The summed E-state index contributed by atoms with van der Waals surface area (Å²) in [6.45, 7) is 5.69. The number of carbonyl (C=O) groups is 1. The molecule has 2 aliphatic rings. The molecule has 8 heteroatoms. The molecule has 1 aromatic carbocycles. The molecule has 4 aromatic rings. The monoisotopic (exact) mass is 468 g/mol. The summed E-state index contributed by atoms with van der Waals surface area (Å²) in [6, 6.07) is 16.2. The number of anilines is 1. The van der Waals surface area contributed by atoms with Gasteiger partial charge in [-0.05, 0) is 50.5 Å². The van der Waals surface area contributed by atoms with E-state index in [-0.39, 0.29) is 18.2 Å². The van der Waals surface area contributed by atoms with Gasteiger partial charge in [0.2, 0.25) is 5.95 Å². The normalized spacial score (nSPS) is 20.4. The first-order chi connectivity index (χ1) is 17.0. The Labute approximate surface area is 204 Å². The van der Waals surface area contributed by atoms with Crippen LogP contribution in [-0.2, 0) is 4.74 Å². The Morgan fingerprint density at radius 1 is 0.971 bits per heavy atom. The van der Waals surface area contributed by atoms with Crippen LogP contribution < -0.4 is 4.90 Å². The second-order valence-electron chi connectivity index (χ2n) is 9.74. The van der Waals surface area contributed by atoms with Crippen molar-refractivity contribution in [3.8, 4) is 5.95 Å². The zero-order valence-electron chi connectivity index (χ0n) is 19.9. The van der Waals surface area contributed by atoms with Crippen LogP contribution >= 0.6 is 0 Å². The maximum Gasteiger partial charge on any atom is 0.411 e. The number of hydrogen-bond acceptors (Lipinski definition) is 6. The largest absolute Gasteiger partial charge is 0.441 e. The summed E-state index contributed by atoms with van der Waals surface area (Å²) in [5.41, 5.74) is 3.49. The van der Waals surface area contributed by atoms with Crippen molar-refractivity contribution in [1.29, 1.82) is 0 Å². The molecule has 0 N–H and O–H groups in total. The van der Waals surface area contributed by atoms with E-state index in [9.17, 15) is 4.79 Å². The zero-order valence-corrected chi connectivity index (χ0v) is 19.9. The minimum absolute atomic E-state index is 0.0973. The first-order valence-electron chi connectivity index (χ1n) is 12.1. The standard InChI is InChI=1S/C27H28N6O2/c1-27(2)24(19-7-4-3-5-8-19)33(26(34)35-27)20-9-14-31(15-10-20)21-17-23-22(30-18-21)11-16-32(23)25-28-12-6-13-29-25/h3-8,11-13,16-18,20,24H,9-10,14-15H2,1-2H3. The molecule has 1 unspecified atom stereocenters. The van der Waals surface area contributed by atoms with Gasteiger partial charge in [0.1, 0.15) is 5.60 Å². The van der Waals surface area contributed by atoms with Gasteiger partial charge in [-0.25, -0.2) is 14.8 Å². The number of piperidine rings is 1. The smallest absolute Gasteiger partial charge is 0.411 e. The van der Waals surface area contributed by atoms with E-state index in [0.29, 0.717) is 5.95 Å². The minimum Gasteiger partial charge on any atom is -0.441 e. The summed E-state index contributed by atoms with van der Waals surface area (Å²) in [7, 11) is 0. The third-order valence-corrected chi connectivity index (χ3v) is 7.13. The molecule has 178 valence electrons. The highest BCUT2D eigenvalue weighted by atomic mass is 16.6. The number of pyridine rings is 1. The van der Waals surface area contributed by atoms with Crippen molar-refractivity contribution in [2.45, 2.75) is 44.4 Å². The number of rotatable bonds is 4. The molecule has 0 bridgehead atoms. The molecule has 1 atom stereocenters. The van der Waals surface area contributed by atoms with Crippen LogP contribution in [0, 0.1) is 0 Å². The lowest BCUT2D eigenvalue weighted by Crippen LogP contribution is -2.47. The van der Waals surface area contributed by atoms with Gasteiger partial charge in [-0.15, -0.1) is 0 Å². The van der Waals surface area contributed by atoms with Gasteiger partial charge >= 0.3 is 6.09 Å². The number of hydrogen-bond donors (Lipinski definition) is 0. The topological polar surface area (TPSA) is 76.4 Å². The van der Waals surface area contributed by atoms with Crippen LogP contribution in [0.25, 0.3) is 17.0 Å². The highest BCUT2D eigenvalue weighted by molar-refractivity contribution is 5.80. The molecule has 0 radical (unpaired) electrons. The SMILES string of the molecule is CC1(C)OC(=O)N(C2CCN(c3cnc4ccn(-c5ncccn5)c4c3)CC2)C1c1ccccc1. The number of amides is 1. The molecule has 2 fully saturated rings. The van der Waals surface area contributed by atoms with Gasteiger partial charge in [-0.1, -0.05) is 30.3 Å². The molecule has 5 heterocycles. The number of ether oxygens (including phenoxy) is 1. The summed E-state index contributed by atoms with van der Waals surface area (Å²) < 4.78 is 7.80. The Kier molecular flexibility index (Phi) is 5.16. The van der Waals surface area contributed by atoms with Gasteiger partial charge in [0, 0.05) is 37.7 Å². The quantitative estimate of drug-likeness (QED) is 0.430. The number of carbonyl (C=O) groups excluding carboxylic acids is 1. The van der Waals surface area contributed by atoms with Crippen molar-refractivity contribution in [2.75, 3.05) is 18.0 Å². The van der Waals surface area contributed by atoms with E-state index in [1.54, 1.807) is 12.4 Å². The Bertz CT molecular complexity index is 1350. The van der Waals surface area contributed by atoms with Crippen LogP contribution in [0.4, 0.5) is 10.5 Å². The number of benzene rings is 1. The number of cyclic esters (lactones) is 1.